The van der Waals surface area contributed by atoms with Crippen molar-refractivity contribution in [3.63, 3.8) is 0 Å². The fourth-order valence-corrected chi connectivity index (χ4v) is 0. The normalized spacial score (nSPS) is 6.56. The molecule has 0 radical (unpaired) electrons. The largest absolute Gasteiger partial charge is 2.00 e. The number of hydrogen-bond donors (Lipinski definition) is 3. The molecule has 0 aromatic carbocycles. The van der Waals surface area contributed by atoms with E-state index < -0.39 is 7.82 Å². The molecule has 0 spiro atoms. The van der Waals surface area contributed by atoms with Crippen LogP contribution in [0.3, 0.4) is 0 Å². The molecule has 0 bridgehead atoms. The molecule has 0 heterocycles. The summed E-state index contributed by atoms with van der Waals surface area (Å²) in [5.41, 5.74) is 0. The number of rotatable bonds is 0. The maximum Gasteiger partial charge on any atom is 2.00 e. The van der Waals surface area contributed by atoms with Gasteiger partial charge >= 0.3 is 83.3 Å². The van der Waals surface area contributed by atoms with E-state index in [4.69, 9.17) is 19.2 Å². The Kier molecular flexibility index (Phi) is 43.8. The van der Waals surface area contributed by atoms with Gasteiger partial charge in [-0.3, -0.25) is 0 Å². The predicted octanol–water partition coefficient (Wildman–Crippen LogP) is -3.34. The van der Waals surface area contributed by atoms with Gasteiger partial charge in [-0.25, -0.2) is 4.57 Å². The molecular weight excluding hydrogens is 207 g/mol. The Labute approximate surface area is 111 Å². The van der Waals surface area contributed by atoms with Crippen molar-refractivity contribution in [1.82, 2.24) is 0 Å². The molecule has 6 nitrogen and oxygen atoms in total. The first-order valence-corrected chi connectivity index (χ1v) is 2.35. The molecule has 0 saturated carbocycles. The first kappa shape index (κ1) is 30.0. The summed E-state index contributed by atoms with van der Waals surface area (Å²) in [6, 6.07) is 0. The summed E-state index contributed by atoms with van der Waals surface area (Å²) < 4.78 is 8.88. The van der Waals surface area contributed by atoms with Crippen LogP contribution in [0.1, 0.15) is 0 Å². The quantitative estimate of drug-likeness (QED) is 0.286. The summed E-state index contributed by atoms with van der Waals surface area (Å²) in [6.45, 7) is 0. The minimum absolute atomic E-state index is 0. The summed E-state index contributed by atoms with van der Waals surface area (Å²) in [6.07, 6.45) is 0. The van der Waals surface area contributed by atoms with Gasteiger partial charge in [0.25, 0.3) is 0 Å². The molecule has 9 heteroatoms. The minimum atomic E-state index is -4.64. The van der Waals surface area contributed by atoms with Crippen molar-refractivity contribution in [3.8, 4) is 0 Å². The second-order valence-electron chi connectivity index (χ2n) is 0.513. The van der Waals surface area contributed by atoms with Gasteiger partial charge in [-0.2, -0.15) is 0 Å². The molecule has 48 valence electrons. The molecule has 0 aromatic rings. The van der Waals surface area contributed by atoms with Crippen molar-refractivity contribution in [2.75, 3.05) is 0 Å². The average Bonchev–Trinajstić information content (AvgIpc) is 0.722. The third-order valence-electron chi connectivity index (χ3n) is 0. The van der Waals surface area contributed by atoms with E-state index in [1.165, 1.54) is 0 Å². The van der Waals surface area contributed by atoms with Gasteiger partial charge < -0.3 is 25.6 Å². The Morgan fingerprint density at radius 2 is 0.889 bits per heavy atom. The van der Waals surface area contributed by atoms with E-state index in [0.29, 0.717) is 0 Å². The Hall–Kier alpha value is 2.55. The third-order valence-corrected chi connectivity index (χ3v) is 0. The van der Waals surface area contributed by atoms with Gasteiger partial charge in [-0.15, -0.1) is 0 Å². The molecule has 0 unspecified atom stereocenters. The van der Waals surface area contributed by atoms with Crippen LogP contribution in [0.15, 0.2) is 0 Å². The van der Waals surface area contributed by atoms with Gasteiger partial charge in [0, 0.05) is 0 Å². The van der Waals surface area contributed by atoms with Crippen LogP contribution in [0, 0.1) is 0 Å². The molecule has 0 saturated heterocycles. The van der Waals surface area contributed by atoms with E-state index in [9.17, 15) is 0 Å². The minimum Gasteiger partial charge on any atom is -0.412 e. The summed E-state index contributed by atoms with van der Waals surface area (Å²) in [5, 5.41) is 0. The second kappa shape index (κ2) is 13.2. The summed E-state index contributed by atoms with van der Waals surface area (Å²) in [5.74, 6) is 0. The van der Waals surface area contributed by atoms with Crippen LogP contribution < -0.4 is 0 Å². The van der Waals surface area contributed by atoms with Crippen molar-refractivity contribution in [1.29, 1.82) is 0 Å². The molecule has 0 aliphatic carbocycles. The van der Waals surface area contributed by atoms with Crippen LogP contribution in [0.4, 0.5) is 0 Å². The van der Waals surface area contributed by atoms with Gasteiger partial charge in [0.1, 0.15) is 0 Å². The average molecular weight is 214 g/mol. The SMILES string of the molecule is O.O.O=P(O)(O)O.[Ca+2].[Ca+2]. The monoisotopic (exact) mass is 214 g/mol. The summed E-state index contributed by atoms with van der Waals surface area (Å²) in [7, 11) is -4.64. The number of hydrogen-bond acceptors (Lipinski definition) is 1. The van der Waals surface area contributed by atoms with Crippen LogP contribution in [-0.2, 0) is 4.57 Å². The van der Waals surface area contributed by atoms with Gasteiger partial charge in [0.2, 0.25) is 0 Å². The maximum absolute atomic E-state index is 8.88. The van der Waals surface area contributed by atoms with Crippen LogP contribution >= 0.6 is 7.82 Å². The van der Waals surface area contributed by atoms with Crippen LogP contribution in [-0.4, -0.2) is 101 Å². The molecular formula is H7Ca2O6P+4. The first-order chi connectivity index (χ1) is 2.00. The van der Waals surface area contributed by atoms with Gasteiger partial charge in [0.05, 0.1) is 0 Å². The molecule has 0 aliphatic rings. The Balaban J connectivity index is -0.0000000133. The predicted molar refractivity (Wildman–Crippen MR) is 33.0 cm³/mol. The molecule has 0 aliphatic heterocycles. The maximum atomic E-state index is 8.88. The van der Waals surface area contributed by atoms with Crippen molar-refractivity contribution >= 4 is 83.3 Å². The molecule has 0 atom stereocenters. The van der Waals surface area contributed by atoms with Crippen LogP contribution in [0.5, 0.6) is 0 Å². The van der Waals surface area contributed by atoms with E-state index in [-0.39, 0.29) is 86.4 Å². The summed E-state index contributed by atoms with van der Waals surface area (Å²) >= 11 is 0. The van der Waals surface area contributed by atoms with Crippen LogP contribution in [0.25, 0.3) is 0 Å². The zero-order chi connectivity index (χ0) is 4.50. The van der Waals surface area contributed by atoms with Crippen molar-refractivity contribution < 1.29 is 30.2 Å². The molecule has 9 heavy (non-hydrogen) atoms. The second-order valence-corrected chi connectivity index (χ2v) is 1.54. The Bertz CT molecular complexity index is 57.2. The van der Waals surface area contributed by atoms with E-state index >= 15 is 0 Å². The topological polar surface area (TPSA) is 141 Å². The van der Waals surface area contributed by atoms with Crippen molar-refractivity contribution in [2.24, 2.45) is 0 Å². The van der Waals surface area contributed by atoms with Crippen LogP contribution in [0.2, 0.25) is 0 Å². The zero-order valence-electron chi connectivity index (χ0n) is 4.61. The fourth-order valence-electron chi connectivity index (χ4n) is 0. The molecule has 0 rings (SSSR count). The van der Waals surface area contributed by atoms with E-state index in [0.717, 1.165) is 0 Å². The standard InChI is InChI=1S/2Ca.H3O4P.2H2O/c;;1-5(2,3)4;;/h;;(H3,1,2,3,4);2*1H2/q2*+2;;;. The Morgan fingerprint density at radius 3 is 0.889 bits per heavy atom. The van der Waals surface area contributed by atoms with Crippen molar-refractivity contribution in [3.05, 3.63) is 0 Å². The fraction of sp³-hybridized carbons (Fsp3) is 0. The third kappa shape index (κ3) is 119. The van der Waals surface area contributed by atoms with Crippen molar-refractivity contribution in [2.45, 2.75) is 0 Å². The summed E-state index contributed by atoms with van der Waals surface area (Å²) in [4.78, 5) is 21.6. The molecule has 0 fully saturated rings. The van der Waals surface area contributed by atoms with E-state index in [1.54, 1.807) is 0 Å². The first-order valence-electron chi connectivity index (χ1n) is 0.783. The zero-order valence-corrected chi connectivity index (χ0v) is 9.92. The molecule has 0 amide bonds. The molecule has 0 aromatic heterocycles. The number of phosphoric acid groups is 1. The van der Waals surface area contributed by atoms with Gasteiger partial charge in [0.15, 0.2) is 0 Å². The van der Waals surface area contributed by atoms with Gasteiger partial charge in [-0.05, 0) is 0 Å². The Morgan fingerprint density at radius 1 is 0.889 bits per heavy atom. The van der Waals surface area contributed by atoms with E-state index in [2.05, 4.69) is 0 Å². The smallest absolute Gasteiger partial charge is 0.412 e. The van der Waals surface area contributed by atoms with E-state index in [1.807, 2.05) is 0 Å². The molecule has 7 N–H and O–H groups in total. The van der Waals surface area contributed by atoms with Gasteiger partial charge in [-0.1, -0.05) is 0 Å².